The highest BCUT2D eigenvalue weighted by Gasteiger charge is 2.19. The molecule has 9 nitrogen and oxygen atoms in total. The molecule has 2 heterocycles. The van der Waals surface area contributed by atoms with Crippen molar-refractivity contribution >= 4 is 18.1 Å². The Labute approximate surface area is 194 Å². The van der Waals surface area contributed by atoms with Crippen molar-refractivity contribution in [3.63, 3.8) is 0 Å². The third kappa shape index (κ3) is 4.41. The van der Waals surface area contributed by atoms with E-state index in [0.717, 1.165) is 11.1 Å². The number of ether oxygens (including phenoxy) is 5. The summed E-state index contributed by atoms with van der Waals surface area (Å²) in [6.45, 7) is 1.19. The average Bonchev–Trinajstić information content (AvgIpc) is 3.53. The van der Waals surface area contributed by atoms with Crippen LogP contribution >= 0.6 is 0 Å². The lowest BCUT2D eigenvalue weighted by Gasteiger charge is -2.10. The van der Waals surface area contributed by atoms with Gasteiger partial charge in [-0.1, -0.05) is 6.07 Å². The predicted octanol–water partition coefficient (Wildman–Crippen LogP) is 3.44. The zero-order chi connectivity index (χ0) is 23.5. The molecule has 172 valence electrons. The van der Waals surface area contributed by atoms with E-state index in [4.69, 9.17) is 23.7 Å². The van der Waals surface area contributed by atoms with E-state index in [0.29, 0.717) is 47.2 Å². The lowest BCUT2D eigenvalue weighted by atomic mass is 10.1. The summed E-state index contributed by atoms with van der Waals surface area (Å²) in [4.78, 5) is 24.9. The van der Waals surface area contributed by atoms with E-state index in [1.807, 2.05) is 6.07 Å². The minimum absolute atomic E-state index is 0.118. The van der Waals surface area contributed by atoms with Crippen LogP contribution in [0.2, 0.25) is 0 Å². The van der Waals surface area contributed by atoms with Crippen LogP contribution in [-0.4, -0.2) is 32.0 Å². The molecule has 2 aliphatic heterocycles. The van der Waals surface area contributed by atoms with Gasteiger partial charge in [-0.25, -0.2) is 10.2 Å². The Morgan fingerprint density at radius 1 is 0.912 bits per heavy atom. The zero-order valence-electron chi connectivity index (χ0n) is 18.2. The van der Waals surface area contributed by atoms with Crippen LogP contribution in [0, 0.1) is 0 Å². The maximum atomic E-state index is 12.6. The maximum absolute atomic E-state index is 12.6. The number of hydrogen-bond donors (Lipinski definition) is 1. The number of carbonyl (C=O) groups excluding carboxylic acids is 2. The largest absolute Gasteiger partial charge is 0.493 e. The number of nitrogens with zero attached hydrogens (tertiary/aromatic N) is 1. The van der Waals surface area contributed by atoms with E-state index in [1.165, 1.54) is 13.3 Å². The molecule has 1 amide bonds. The van der Waals surface area contributed by atoms with Gasteiger partial charge in [-0.3, -0.25) is 4.79 Å². The molecule has 5 rings (SSSR count). The molecular weight excluding hydrogens is 440 g/mol. The molecule has 0 saturated carbocycles. The summed E-state index contributed by atoms with van der Waals surface area (Å²) in [6, 6.07) is 15.2. The Morgan fingerprint density at radius 2 is 1.74 bits per heavy atom. The summed E-state index contributed by atoms with van der Waals surface area (Å²) in [5, 5.41) is 4.01. The Hall–Kier alpha value is -4.37. The first-order valence-electron chi connectivity index (χ1n) is 10.4. The highest BCUT2D eigenvalue weighted by Crippen LogP contribution is 2.34. The van der Waals surface area contributed by atoms with Gasteiger partial charge < -0.3 is 23.7 Å². The van der Waals surface area contributed by atoms with Crippen LogP contribution in [0.15, 0.2) is 59.7 Å². The zero-order valence-corrected chi connectivity index (χ0v) is 18.2. The average molecular weight is 460 g/mol. The molecule has 9 heteroatoms. The van der Waals surface area contributed by atoms with E-state index in [9.17, 15) is 9.59 Å². The van der Waals surface area contributed by atoms with Crippen molar-refractivity contribution in [3.05, 3.63) is 82.4 Å². The van der Waals surface area contributed by atoms with Crippen molar-refractivity contribution in [2.45, 2.75) is 13.2 Å². The fourth-order valence-electron chi connectivity index (χ4n) is 3.57. The van der Waals surface area contributed by atoms with E-state index in [1.54, 1.807) is 48.5 Å². The Kier molecular flexibility index (Phi) is 5.84. The lowest BCUT2D eigenvalue weighted by molar-refractivity contribution is 0.0729. The molecule has 0 saturated heterocycles. The van der Waals surface area contributed by atoms with Crippen LogP contribution in [0.3, 0.4) is 0 Å². The van der Waals surface area contributed by atoms with Gasteiger partial charge in [0, 0.05) is 5.56 Å². The molecule has 0 fully saturated rings. The van der Waals surface area contributed by atoms with Gasteiger partial charge in [-0.05, 0) is 65.2 Å². The number of methoxy groups -OCH3 is 1. The van der Waals surface area contributed by atoms with Crippen LogP contribution in [0.25, 0.3) is 0 Å². The molecule has 0 aromatic heterocycles. The number of hydrogen-bond acceptors (Lipinski definition) is 8. The van der Waals surface area contributed by atoms with Gasteiger partial charge in [0.1, 0.15) is 0 Å². The van der Waals surface area contributed by atoms with Crippen molar-refractivity contribution < 1.29 is 33.3 Å². The van der Waals surface area contributed by atoms with E-state index in [-0.39, 0.29) is 18.4 Å². The monoisotopic (exact) mass is 460 g/mol. The number of amides is 1. The maximum Gasteiger partial charge on any atom is 0.343 e. The van der Waals surface area contributed by atoms with Crippen molar-refractivity contribution in [1.29, 1.82) is 0 Å². The quantitative estimate of drug-likeness (QED) is 0.260. The number of nitrogens with one attached hydrogen (secondary N) is 1. The van der Waals surface area contributed by atoms with Crippen LogP contribution in [0.4, 0.5) is 0 Å². The molecule has 3 aromatic rings. The number of benzene rings is 3. The molecule has 34 heavy (non-hydrogen) atoms. The highest BCUT2D eigenvalue weighted by atomic mass is 16.7. The van der Waals surface area contributed by atoms with Gasteiger partial charge in [0.2, 0.25) is 6.79 Å². The van der Waals surface area contributed by atoms with Gasteiger partial charge in [0.15, 0.2) is 23.0 Å². The van der Waals surface area contributed by atoms with Crippen LogP contribution in [-0.2, 0) is 18.0 Å². The van der Waals surface area contributed by atoms with E-state index < -0.39 is 5.97 Å². The minimum Gasteiger partial charge on any atom is -0.493 e. The number of fused-ring (bicyclic) bond motifs is 2. The molecular formula is C25H20N2O7. The molecule has 0 bridgehead atoms. The fraction of sp³-hybridized carbons (Fsp3) is 0.160. The number of carbonyl (C=O) groups is 2. The van der Waals surface area contributed by atoms with Crippen molar-refractivity contribution in [2.75, 3.05) is 13.9 Å². The Morgan fingerprint density at radius 3 is 2.62 bits per heavy atom. The van der Waals surface area contributed by atoms with Crippen LogP contribution in [0.5, 0.6) is 23.0 Å². The molecule has 2 aliphatic rings. The second-order valence-electron chi connectivity index (χ2n) is 7.54. The summed E-state index contributed by atoms with van der Waals surface area (Å²) in [5.74, 6) is 0.755. The summed E-state index contributed by atoms with van der Waals surface area (Å²) < 4.78 is 26.8. The topological polar surface area (TPSA) is 105 Å². The smallest absolute Gasteiger partial charge is 0.343 e. The van der Waals surface area contributed by atoms with E-state index in [2.05, 4.69) is 10.5 Å². The first-order valence-corrected chi connectivity index (χ1v) is 10.4. The fourth-order valence-corrected chi connectivity index (χ4v) is 3.57. The van der Waals surface area contributed by atoms with Gasteiger partial charge >= 0.3 is 5.97 Å². The third-order valence-corrected chi connectivity index (χ3v) is 5.36. The van der Waals surface area contributed by atoms with Crippen molar-refractivity contribution in [1.82, 2.24) is 5.43 Å². The summed E-state index contributed by atoms with van der Waals surface area (Å²) >= 11 is 0. The van der Waals surface area contributed by atoms with Crippen LogP contribution < -0.4 is 24.4 Å². The van der Waals surface area contributed by atoms with Crippen LogP contribution in [0.1, 0.15) is 37.4 Å². The summed E-state index contributed by atoms with van der Waals surface area (Å²) in [6.07, 6.45) is 1.47. The molecule has 0 atom stereocenters. The highest BCUT2D eigenvalue weighted by molar-refractivity contribution is 5.95. The minimum atomic E-state index is -0.565. The molecule has 0 spiro atoms. The number of hydrazone groups is 1. The van der Waals surface area contributed by atoms with E-state index >= 15 is 0 Å². The van der Waals surface area contributed by atoms with Gasteiger partial charge in [0.05, 0.1) is 32.1 Å². The summed E-state index contributed by atoms with van der Waals surface area (Å²) in [7, 11) is 1.47. The number of esters is 1. The Bertz CT molecular complexity index is 1300. The van der Waals surface area contributed by atoms with Crippen molar-refractivity contribution in [2.24, 2.45) is 5.10 Å². The first kappa shape index (κ1) is 21.5. The SMILES string of the molecule is COc1cc(C=NNC(=O)c2ccc3c(c2)COC3)ccc1OC(=O)c1ccc2c(c1)OCO2. The molecule has 3 aromatic carbocycles. The number of rotatable bonds is 6. The normalized spacial score (nSPS) is 13.6. The molecule has 0 unspecified atom stereocenters. The summed E-state index contributed by atoms with van der Waals surface area (Å²) in [5.41, 5.74) is 6.07. The van der Waals surface area contributed by atoms with Gasteiger partial charge in [0.25, 0.3) is 5.91 Å². The molecule has 0 aliphatic carbocycles. The lowest BCUT2D eigenvalue weighted by Crippen LogP contribution is -2.17. The third-order valence-electron chi connectivity index (χ3n) is 5.36. The van der Waals surface area contributed by atoms with Crippen molar-refractivity contribution in [3.8, 4) is 23.0 Å². The molecule has 1 N–H and O–H groups in total. The second-order valence-corrected chi connectivity index (χ2v) is 7.54. The predicted molar refractivity (Wildman–Crippen MR) is 121 cm³/mol. The van der Waals surface area contributed by atoms with Gasteiger partial charge in [-0.15, -0.1) is 0 Å². The second kappa shape index (κ2) is 9.24. The standard InChI is InChI=1S/C25H20N2O7/c1-30-22-8-15(11-26-27-24(28)16-3-4-18-12-31-13-19(18)9-16)2-6-21(22)34-25(29)17-5-7-20-23(10-17)33-14-32-20/h2-11H,12-14H2,1H3,(H,27,28). The first-order chi connectivity index (χ1) is 16.6. The molecule has 0 radical (unpaired) electrons. The van der Waals surface area contributed by atoms with Gasteiger partial charge in [-0.2, -0.15) is 5.10 Å². The Balaban J connectivity index is 1.24.